The van der Waals surface area contributed by atoms with Crippen LogP contribution in [-0.2, 0) is 61.6 Å². The van der Waals surface area contributed by atoms with E-state index in [1.54, 1.807) is 0 Å². The monoisotopic (exact) mass is 1610 g/mol. The molecule has 654 valence electrons. The van der Waals surface area contributed by atoms with Gasteiger partial charge in [-0.1, -0.05) is 207 Å². The predicted molar refractivity (Wildman–Crippen MR) is 390 cm³/mol. The topological polar surface area (TPSA) is 565 Å². The smallest absolute Gasteiger partial charge is 0.249 e. The highest BCUT2D eigenvalue weighted by Crippen LogP contribution is 2.40. The Morgan fingerprint density at radius 1 is 0.396 bits per heavy atom. The van der Waals surface area contributed by atoms with Crippen LogP contribution in [0.1, 0.15) is 220 Å². The number of unbranched alkanes of at least 4 members (excludes halogenated alkanes) is 25. The molecule has 35 nitrogen and oxygen atoms in total. The SMILES string of the molecule is CCCCCCCCCCCCCCCCCCCCCCC(O)C(=O)NC(COC1OC(COC2OCC(O)C(O)C2OC2OC(CO)C(O)C(OC3OC(C(O)CO)C(OC4OC(C(O)CO)C(O)C4O)C3OC3OC(C(O)CO)C(O)C3O)C2O)C(O)C(O)C1O)C(O)C(O)CCCCCCCCCC(C)CC. The summed E-state index contributed by atoms with van der Waals surface area (Å²) in [6.07, 6.45) is -28.2. The minimum absolute atomic E-state index is 0.108. The Kier molecular flexibility index (Phi) is 46.1. The Bertz CT molecular complexity index is 2430. The molecule has 0 bridgehead atoms. The van der Waals surface area contributed by atoms with Crippen LogP contribution in [0, 0.1) is 5.92 Å². The molecule has 0 saturated carbocycles. The van der Waals surface area contributed by atoms with Gasteiger partial charge in [0.15, 0.2) is 37.7 Å². The number of amides is 1. The third kappa shape index (κ3) is 30.1. The summed E-state index contributed by atoms with van der Waals surface area (Å²) < 4.78 is 70.6. The Balaban J connectivity index is 1.09. The van der Waals surface area contributed by atoms with Crippen LogP contribution in [0.15, 0.2) is 0 Å². The Labute approximate surface area is 652 Å². The lowest BCUT2D eigenvalue weighted by Crippen LogP contribution is -2.64. The van der Waals surface area contributed by atoms with E-state index in [9.17, 15) is 112 Å². The van der Waals surface area contributed by atoms with Crippen LogP contribution in [0.2, 0.25) is 0 Å². The molecule has 6 aliphatic heterocycles. The van der Waals surface area contributed by atoms with Crippen molar-refractivity contribution in [2.24, 2.45) is 5.92 Å². The second-order valence-electron chi connectivity index (χ2n) is 31.4. The van der Waals surface area contributed by atoms with Crippen molar-refractivity contribution in [2.75, 3.05) is 46.2 Å². The zero-order valence-corrected chi connectivity index (χ0v) is 65.2. The fourth-order valence-electron chi connectivity index (χ4n) is 15.1. The van der Waals surface area contributed by atoms with Gasteiger partial charge >= 0.3 is 0 Å². The first-order chi connectivity index (χ1) is 53.3. The van der Waals surface area contributed by atoms with Crippen molar-refractivity contribution in [3.8, 4) is 0 Å². The number of hydrogen-bond acceptors (Lipinski definition) is 34. The summed E-state index contributed by atoms with van der Waals surface area (Å²) in [5, 5.41) is 233. The fourth-order valence-corrected chi connectivity index (χ4v) is 15.1. The zero-order valence-electron chi connectivity index (χ0n) is 65.2. The second-order valence-corrected chi connectivity index (χ2v) is 31.4. The molecule has 0 aromatic heterocycles. The predicted octanol–water partition coefficient (Wildman–Crippen LogP) is -2.10. The van der Waals surface area contributed by atoms with Gasteiger partial charge in [0.25, 0.3) is 0 Å². The van der Waals surface area contributed by atoms with E-state index in [1.165, 1.54) is 96.3 Å². The quantitative estimate of drug-likeness (QED) is 0.0290. The molecular weight excluding hydrogens is 1470 g/mol. The molecule has 1 amide bonds. The van der Waals surface area contributed by atoms with Crippen LogP contribution in [0.3, 0.4) is 0 Å². The first-order valence-corrected chi connectivity index (χ1v) is 41.3. The summed E-state index contributed by atoms with van der Waals surface area (Å²) in [5.41, 5.74) is 0. The molecule has 0 aromatic rings. The van der Waals surface area contributed by atoms with Gasteiger partial charge < -0.3 is 169 Å². The van der Waals surface area contributed by atoms with E-state index < -0.39 is 255 Å². The molecule has 6 heterocycles. The largest absolute Gasteiger partial charge is 0.394 e. The number of carbonyl (C=O) groups is 1. The maximum atomic E-state index is 13.7. The van der Waals surface area contributed by atoms with E-state index in [4.69, 9.17) is 56.8 Å². The molecular formula is C76H141NO34. The molecule has 111 heavy (non-hydrogen) atoms. The van der Waals surface area contributed by atoms with Gasteiger partial charge in [-0.2, -0.15) is 0 Å². The molecule has 0 spiro atoms. The van der Waals surface area contributed by atoms with Crippen LogP contribution in [0.5, 0.6) is 0 Å². The summed E-state index contributed by atoms with van der Waals surface area (Å²) in [6, 6.07) is -1.43. The molecule has 35 heteroatoms. The van der Waals surface area contributed by atoms with Gasteiger partial charge in [-0.15, -0.1) is 0 Å². The maximum absolute atomic E-state index is 13.7. The summed E-state index contributed by atoms with van der Waals surface area (Å²) in [4.78, 5) is 13.7. The van der Waals surface area contributed by atoms with Crippen molar-refractivity contribution < 1.29 is 169 Å². The van der Waals surface area contributed by atoms with Crippen molar-refractivity contribution in [1.29, 1.82) is 0 Å². The van der Waals surface area contributed by atoms with Gasteiger partial charge in [-0.3, -0.25) is 4.79 Å². The highest BCUT2D eigenvalue weighted by Gasteiger charge is 2.60. The third-order valence-corrected chi connectivity index (χ3v) is 22.5. The van der Waals surface area contributed by atoms with Gasteiger partial charge in [0, 0.05) is 0 Å². The van der Waals surface area contributed by atoms with Crippen molar-refractivity contribution >= 4 is 5.91 Å². The van der Waals surface area contributed by atoms with Crippen LogP contribution in [0.4, 0.5) is 0 Å². The molecule has 6 saturated heterocycles. The van der Waals surface area contributed by atoms with Crippen molar-refractivity contribution in [1.82, 2.24) is 5.32 Å². The average molecular weight is 1610 g/mol. The first-order valence-electron chi connectivity index (χ1n) is 41.3. The second kappa shape index (κ2) is 52.3. The molecule has 6 rings (SSSR count). The summed E-state index contributed by atoms with van der Waals surface area (Å²) >= 11 is 0. The van der Waals surface area contributed by atoms with Crippen molar-refractivity contribution in [2.45, 2.75) is 422 Å². The molecule has 6 fully saturated rings. The van der Waals surface area contributed by atoms with Crippen LogP contribution in [-0.4, -0.2) is 362 Å². The number of aliphatic hydroxyl groups excluding tert-OH is 21. The van der Waals surface area contributed by atoms with E-state index in [1.807, 2.05) is 0 Å². The van der Waals surface area contributed by atoms with E-state index in [0.717, 1.165) is 77.0 Å². The Morgan fingerprint density at radius 2 is 0.820 bits per heavy atom. The number of ether oxygens (including phenoxy) is 12. The molecule has 6 aliphatic rings. The van der Waals surface area contributed by atoms with Gasteiger partial charge in [0.05, 0.1) is 58.4 Å². The fraction of sp³-hybridized carbons (Fsp3) is 0.987. The number of nitrogens with one attached hydrogen (secondary N) is 1. The van der Waals surface area contributed by atoms with E-state index in [0.29, 0.717) is 18.8 Å². The van der Waals surface area contributed by atoms with E-state index in [2.05, 4.69) is 26.1 Å². The number of carbonyl (C=O) groups excluding carboxylic acids is 1. The molecule has 0 aromatic carbocycles. The van der Waals surface area contributed by atoms with Crippen molar-refractivity contribution in [3.63, 3.8) is 0 Å². The number of hydrogen-bond donors (Lipinski definition) is 22. The Morgan fingerprint density at radius 3 is 1.32 bits per heavy atom. The summed E-state index contributed by atoms with van der Waals surface area (Å²) in [5.74, 6) is -0.175. The van der Waals surface area contributed by atoms with Crippen LogP contribution in [0.25, 0.3) is 0 Å². The minimum atomic E-state index is -2.30. The highest BCUT2D eigenvalue weighted by atomic mass is 16.8. The van der Waals surface area contributed by atoms with E-state index >= 15 is 0 Å². The van der Waals surface area contributed by atoms with E-state index in [-0.39, 0.29) is 12.8 Å². The van der Waals surface area contributed by atoms with Gasteiger partial charge in [0.2, 0.25) is 5.91 Å². The van der Waals surface area contributed by atoms with Crippen LogP contribution >= 0.6 is 0 Å². The molecule has 34 atom stereocenters. The zero-order chi connectivity index (χ0) is 81.3. The number of rotatable bonds is 57. The first kappa shape index (κ1) is 98.0. The molecule has 22 N–H and O–H groups in total. The summed E-state index contributed by atoms with van der Waals surface area (Å²) in [7, 11) is 0. The highest BCUT2D eigenvalue weighted by molar-refractivity contribution is 5.80. The van der Waals surface area contributed by atoms with Gasteiger partial charge in [-0.05, 0) is 18.8 Å². The maximum Gasteiger partial charge on any atom is 0.249 e. The van der Waals surface area contributed by atoms with Gasteiger partial charge in [-0.25, -0.2) is 0 Å². The average Bonchev–Trinajstić information content (AvgIpc) is 1.72. The molecule has 34 unspecified atom stereocenters. The lowest BCUT2D eigenvalue weighted by Gasteiger charge is -2.46. The van der Waals surface area contributed by atoms with Crippen molar-refractivity contribution in [3.05, 3.63) is 0 Å². The standard InChI is InChI=1S/C76H141NO34/c1-4-6-7-8-9-10-11-12-13-14-15-16-17-18-19-20-21-24-28-31-34-45(83)70(99)77-43(52(88)44(82)33-30-27-25-22-23-26-29-32-42(3)5-2)39-100-71-59(95)56(92)54(90)51(104-71)41-102-75-67(53(89)49(87)40-101-75)109-74-62(98)66(55(91)50(38-81)103-74)108-76-69(111-73-61(97)58(94)64(106-73)47(85)36-79)68(65(107-76)48(86)37-80)110-72-60(96)57(93)63(105-72)46(84)35-78/h42-69,71-76,78-98H,4-41H2,1-3H3,(H,77,99). The lowest BCUT2D eigenvalue weighted by molar-refractivity contribution is -0.374. The van der Waals surface area contributed by atoms with Crippen LogP contribution < -0.4 is 5.32 Å². The third-order valence-electron chi connectivity index (χ3n) is 22.5. The normalized spacial score (nSPS) is 36.3. The van der Waals surface area contributed by atoms with Gasteiger partial charge in [0.1, 0.15) is 153 Å². The number of aliphatic hydroxyl groups is 21. The molecule has 0 radical (unpaired) electrons. The minimum Gasteiger partial charge on any atom is -0.394 e. The Hall–Kier alpha value is -1.85. The summed E-state index contributed by atoms with van der Waals surface area (Å²) in [6.45, 7) is 0.390. The molecule has 0 aliphatic carbocycles. The lowest BCUT2D eigenvalue weighted by atomic mass is 9.97.